The fraction of sp³-hybridized carbons (Fsp3) is 0.400. The summed E-state index contributed by atoms with van der Waals surface area (Å²) in [7, 11) is 0. The van der Waals surface area contributed by atoms with Crippen molar-refractivity contribution in [1.29, 1.82) is 0 Å². The molecule has 16 heavy (non-hydrogen) atoms. The van der Waals surface area contributed by atoms with Crippen LogP contribution in [0.1, 0.15) is 0 Å². The van der Waals surface area contributed by atoms with Gasteiger partial charge in [0.2, 0.25) is 5.91 Å². The number of nitrogens with one attached hydrogen (secondary N) is 1. The molecule has 0 aromatic carbocycles. The van der Waals surface area contributed by atoms with E-state index in [9.17, 15) is 9.90 Å². The Kier molecular flexibility index (Phi) is 3.02. The summed E-state index contributed by atoms with van der Waals surface area (Å²) in [5.41, 5.74) is 5.70. The molecule has 2 heterocycles. The maximum Gasteiger partial charge on any atom is 0.232 e. The van der Waals surface area contributed by atoms with Gasteiger partial charge in [-0.1, -0.05) is 0 Å². The second-order valence-corrected chi connectivity index (χ2v) is 3.67. The maximum absolute atomic E-state index is 11.8. The number of nitrogens with two attached hydrogens (primary N) is 1. The highest BCUT2D eigenvalue weighted by atomic mass is 16.5. The molecule has 1 aliphatic heterocycles. The average Bonchev–Trinajstić information content (AvgIpc) is 2.68. The lowest BCUT2D eigenvalue weighted by Crippen LogP contribution is -2.37. The molecule has 1 aromatic rings. The zero-order valence-corrected chi connectivity index (χ0v) is 8.59. The number of carbonyl (C=O) groups excluding carboxylic acids is 1. The van der Waals surface area contributed by atoms with Gasteiger partial charge >= 0.3 is 0 Å². The lowest BCUT2D eigenvalue weighted by Gasteiger charge is -2.13. The molecule has 0 saturated carbocycles. The number of aromatic nitrogens is 1. The van der Waals surface area contributed by atoms with E-state index in [1.165, 1.54) is 12.3 Å². The summed E-state index contributed by atoms with van der Waals surface area (Å²) in [5.74, 6) is -0.588. The van der Waals surface area contributed by atoms with Gasteiger partial charge in [-0.15, -0.1) is 0 Å². The fourth-order valence-electron chi connectivity index (χ4n) is 1.54. The van der Waals surface area contributed by atoms with Crippen LogP contribution in [-0.2, 0) is 9.53 Å². The molecule has 1 fully saturated rings. The summed E-state index contributed by atoms with van der Waals surface area (Å²) in [6.45, 7) is 0.687. The summed E-state index contributed by atoms with van der Waals surface area (Å²) >= 11 is 0. The first-order valence-corrected chi connectivity index (χ1v) is 4.96. The SMILES string of the molecule is NC1COCC1C(=O)Nc1ncccc1O. The molecule has 0 bridgehead atoms. The van der Waals surface area contributed by atoms with Crippen LogP contribution in [0.4, 0.5) is 5.82 Å². The molecule has 0 spiro atoms. The van der Waals surface area contributed by atoms with E-state index in [0.29, 0.717) is 13.2 Å². The molecule has 0 aliphatic carbocycles. The third kappa shape index (κ3) is 2.12. The Hall–Kier alpha value is -1.66. The van der Waals surface area contributed by atoms with E-state index in [-0.39, 0.29) is 29.4 Å². The monoisotopic (exact) mass is 223 g/mol. The largest absolute Gasteiger partial charge is 0.504 e. The van der Waals surface area contributed by atoms with Crippen LogP contribution in [0.5, 0.6) is 5.75 Å². The zero-order chi connectivity index (χ0) is 11.5. The van der Waals surface area contributed by atoms with Crippen LogP contribution in [0.3, 0.4) is 0 Å². The Balaban J connectivity index is 2.05. The van der Waals surface area contributed by atoms with Gasteiger partial charge in [0.05, 0.1) is 19.1 Å². The number of hydrogen-bond acceptors (Lipinski definition) is 5. The number of anilines is 1. The second-order valence-electron chi connectivity index (χ2n) is 3.67. The fourth-order valence-corrected chi connectivity index (χ4v) is 1.54. The quantitative estimate of drug-likeness (QED) is 0.639. The van der Waals surface area contributed by atoms with Crippen LogP contribution in [-0.4, -0.2) is 35.3 Å². The predicted octanol–water partition coefficient (Wildman–Crippen LogP) is -0.301. The number of ether oxygens (including phenoxy) is 1. The van der Waals surface area contributed by atoms with Crippen LogP contribution >= 0.6 is 0 Å². The molecule has 1 aromatic heterocycles. The van der Waals surface area contributed by atoms with Crippen molar-refractivity contribution in [1.82, 2.24) is 4.98 Å². The summed E-state index contributed by atoms with van der Waals surface area (Å²) in [6.07, 6.45) is 1.49. The molecule has 86 valence electrons. The minimum absolute atomic E-state index is 0.0664. The van der Waals surface area contributed by atoms with Crippen LogP contribution in [0.2, 0.25) is 0 Å². The Bertz CT molecular complexity index is 397. The number of rotatable bonds is 2. The average molecular weight is 223 g/mol. The molecule has 2 rings (SSSR count). The van der Waals surface area contributed by atoms with E-state index in [4.69, 9.17) is 10.5 Å². The van der Waals surface area contributed by atoms with E-state index >= 15 is 0 Å². The molecule has 6 nitrogen and oxygen atoms in total. The van der Waals surface area contributed by atoms with Crippen LogP contribution in [0, 0.1) is 5.92 Å². The summed E-state index contributed by atoms with van der Waals surface area (Å²) < 4.78 is 5.09. The van der Waals surface area contributed by atoms with Crippen molar-refractivity contribution in [3.05, 3.63) is 18.3 Å². The van der Waals surface area contributed by atoms with Gasteiger partial charge in [0.15, 0.2) is 11.6 Å². The minimum atomic E-state index is -0.388. The van der Waals surface area contributed by atoms with Crippen molar-refractivity contribution in [2.45, 2.75) is 6.04 Å². The van der Waals surface area contributed by atoms with E-state index in [1.54, 1.807) is 6.07 Å². The number of pyridine rings is 1. The van der Waals surface area contributed by atoms with Gasteiger partial charge in [-0.2, -0.15) is 0 Å². The minimum Gasteiger partial charge on any atom is -0.504 e. The zero-order valence-electron chi connectivity index (χ0n) is 8.59. The molecular formula is C10H13N3O3. The molecule has 2 unspecified atom stereocenters. The van der Waals surface area contributed by atoms with Crippen molar-refractivity contribution in [2.75, 3.05) is 18.5 Å². The van der Waals surface area contributed by atoms with Crippen LogP contribution in [0.15, 0.2) is 18.3 Å². The number of carbonyl (C=O) groups is 1. The van der Waals surface area contributed by atoms with Crippen molar-refractivity contribution in [3.8, 4) is 5.75 Å². The second kappa shape index (κ2) is 4.46. The maximum atomic E-state index is 11.8. The Morgan fingerprint density at radius 3 is 3.06 bits per heavy atom. The topological polar surface area (TPSA) is 97.5 Å². The molecule has 4 N–H and O–H groups in total. The molecule has 1 saturated heterocycles. The van der Waals surface area contributed by atoms with Gasteiger partial charge in [-0.3, -0.25) is 4.79 Å². The first kappa shape index (κ1) is 10.8. The third-order valence-electron chi connectivity index (χ3n) is 2.49. The number of amides is 1. The van der Waals surface area contributed by atoms with E-state index in [2.05, 4.69) is 10.3 Å². The van der Waals surface area contributed by atoms with Crippen molar-refractivity contribution < 1.29 is 14.6 Å². The smallest absolute Gasteiger partial charge is 0.232 e. The molecule has 1 aliphatic rings. The van der Waals surface area contributed by atoms with Gasteiger partial charge in [0, 0.05) is 12.2 Å². The summed E-state index contributed by atoms with van der Waals surface area (Å²) in [4.78, 5) is 15.6. The molecule has 0 radical (unpaired) electrons. The highest BCUT2D eigenvalue weighted by Crippen LogP contribution is 2.20. The lowest BCUT2D eigenvalue weighted by molar-refractivity contribution is -0.120. The Morgan fingerprint density at radius 2 is 2.44 bits per heavy atom. The summed E-state index contributed by atoms with van der Waals surface area (Å²) in [5, 5.41) is 12.0. The van der Waals surface area contributed by atoms with Crippen molar-refractivity contribution in [3.63, 3.8) is 0 Å². The predicted molar refractivity (Wildman–Crippen MR) is 56.8 cm³/mol. The van der Waals surface area contributed by atoms with E-state index < -0.39 is 0 Å². The Morgan fingerprint density at radius 1 is 1.62 bits per heavy atom. The molecule has 1 amide bonds. The van der Waals surface area contributed by atoms with Gasteiger partial charge in [-0.25, -0.2) is 4.98 Å². The highest BCUT2D eigenvalue weighted by Gasteiger charge is 2.31. The first-order chi connectivity index (χ1) is 7.68. The number of nitrogens with zero attached hydrogens (tertiary/aromatic N) is 1. The summed E-state index contributed by atoms with van der Waals surface area (Å²) in [6, 6.07) is 2.73. The normalized spacial score (nSPS) is 24.3. The standard InChI is InChI=1S/C10H13N3O3/c11-7-5-16-4-6(7)10(15)13-9-8(14)2-1-3-12-9/h1-3,6-7,14H,4-5,11H2,(H,12,13,15). The number of hydrogen-bond donors (Lipinski definition) is 3. The van der Waals surface area contributed by atoms with Crippen molar-refractivity contribution in [2.24, 2.45) is 11.7 Å². The highest BCUT2D eigenvalue weighted by molar-refractivity contribution is 5.93. The molecular weight excluding hydrogens is 210 g/mol. The van der Waals surface area contributed by atoms with Gasteiger partial charge < -0.3 is 20.9 Å². The van der Waals surface area contributed by atoms with E-state index in [0.717, 1.165) is 0 Å². The first-order valence-electron chi connectivity index (χ1n) is 4.96. The molecule has 2 atom stereocenters. The van der Waals surface area contributed by atoms with Crippen LogP contribution < -0.4 is 11.1 Å². The number of aromatic hydroxyl groups is 1. The Labute approximate surface area is 92.4 Å². The van der Waals surface area contributed by atoms with Gasteiger partial charge in [0.25, 0.3) is 0 Å². The van der Waals surface area contributed by atoms with Gasteiger partial charge in [0.1, 0.15) is 0 Å². The van der Waals surface area contributed by atoms with Gasteiger partial charge in [-0.05, 0) is 12.1 Å². The lowest BCUT2D eigenvalue weighted by atomic mass is 10.0. The van der Waals surface area contributed by atoms with Crippen molar-refractivity contribution >= 4 is 11.7 Å². The van der Waals surface area contributed by atoms with Crippen LogP contribution in [0.25, 0.3) is 0 Å². The third-order valence-corrected chi connectivity index (χ3v) is 2.49. The molecule has 6 heteroatoms. The van der Waals surface area contributed by atoms with E-state index in [1.807, 2.05) is 0 Å².